The van der Waals surface area contributed by atoms with Crippen LogP contribution in [0, 0.1) is 0 Å². The summed E-state index contributed by atoms with van der Waals surface area (Å²) in [4.78, 5) is 1.97. The van der Waals surface area contributed by atoms with Crippen molar-refractivity contribution in [1.29, 1.82) is 0 Å². The van der Waals surface area contributed by atoms with Crippen LogP contribution >= 0.6 is 38.5 Å². The van der Waals surface area contributed by atoms with Crippen LogP contribution in [0.3, 0.4) is 0 Å². The Bertz CT molecular complexity index is 6.00. The average molecular weight is 237 g/mol. The molecule has 0 N–H and O–H groups in total. The Morgan fingerprint density at radius 2 is 1.25 bits per heavy atom. The fourth-order valence-electron chi connectivity index (χ4n) is 0. The summed E-state index contributed by atoms with van der Waals surface area (Å²) in [5, 5.41) is 0. The Labute approximate surface area is 49.2 Å². The van der Waals surface area contributed by atoms with Gasteiger partial charge in [-0.15, -0.1) is 0 Å². The molecule has 0 saturated heterocycles. The van der Waals surface area contributed by atoms with Gasteiger partial charge in [-0.05, 0) is 10.8 Å². The molecule has 0 fully saturated rings. The van der Waals surface area contributed by atoms with Gasteiger partial charge in [0.05, 0.1) is 0 Å². The average Bonchev–Trinajstić information content (AvgIpc) is 1.50. The monoisotopic (exact) mass is 236 g/mol. The molecule has 0 aromatic carbocycles. The molecule has 0 unspecified atom stereocenters. The summed E-state index contributed by atoms with van der Waals surface area (Å²) in [5.74, 6) is 1.81. The fraction of sp³-hybridized carbons (Fsp3) is 1.00. The molecule has 2 heteroatoms. The SMILES string of the molecule is CBr.CI. The first kappa shape index (κ1) is 8.96. The van der Waals surface area contributed by atoms with Gasteiger partial charge in [0.2, 0.25) is 0 Å². The molecule has 0 rings (SSSR count). The third-order valence-electron chi connectivity index (χ3n) is 0. The van der Waals surface area contributed by atoms with E-state index >= 15 is 0 Å². The van der Waals surface area contributed by atoms with Crippen molar-refractivity contribution in [1.82, 2.24) is 0 Å². The Kier molecular flexibility index (Phi) is 66.4. The maximum absolute atomic E-state index is 2.94. The lowest BCUT2D eigenvalue weighted by Gasteiger charge is -1.05. The summed E-state index contributed by atoms with van der Waals surface area (Å²) in [6.07, 6.45) is 0. The van der Waals surface area contributed by atoms with Crippen LogP contribution in [0.1, 0.15) is 0 Å². The minimum atomic E-state index is 1.81. The maximum Gasteiger partial charge on any atom is -0.00848 e. The second-order valence-corrected chi connectivity index (χ2v) is 0. The second-order valence-electron chi connectivity index (χ2n) is 0. The number of rotatable bonds is 0. The molecule has 0 nitrogen and oxygen atoms in total. The van der Waals surface area contributed by atoms with Crippen molar-refractivity contribution >= 4 is 38.5 Å². The molecule has 0 aliphatic carbocycles. The van der Waals surface area contributed by atoms with E-state index < -0.39 is 0 Å². The topological polar surface area (TPSA) is 0 Å². The van der Waals surface area contributed by atoms with E-state index in [-0.39, 0.29) is 0 Å². The zero-order valence-electron chi connectivity index (χ0n) is 2.76. The quantitative estimate of drug-likeness (QED) is 0.446. The van der Waals surface area contributed by atoms with Crippen molar-refractivity contribution in [2.45, 2.75) is 0 Å². The van der Waals surface area contributed by atoms with Gasteiger partial charge in [-0.1, -0.05) is 38.5 Å². The Hall–Kier alpha value is 1.21. The fourth-order valence-corrected chi connectivity index (χ4v) is 0. The standard InChI is InChI=1S/CH3Br.CH3I/c2*1-2/h2*1H3. The molecule has 0 heterocycles. The predicted octanol–water partition coefficient (Wildman–Crippen LogP) is 2.06. The van der Waals surface area contributed by atoms with Crippen molar-refractivity contribution in [3.8, 4) is 0 Å². The van der Waals surface area contributed by atoms with Gasteiger partial charge in [-0.3, -0.25) is 0 Å². The summed E-state index contributed by atoms with van der Waals surface area (Å²) in [5.41, 5.74) is 0. The molecule has 0 aromatic rings. The van der Waals surface area contributed by atoms with Crippen molar-refractivity contribution in [2.24, 2.45) is 0 Å². The third kappa shape index (κ3) is 10.7. The largest absolute Gasteiger partial charge is 0.0966 e. The van der Waals surface area contributed by atoms with E-state index in [0.29, 0.717) is 0 Å². The molecule has 0 aliphatic heterocycles. The molecule has 0 aliphatic rings. The molecule has 0 atom stereocenters. The predicted molar refractivity (Wildman–Crippen MR) is 34.8 cm³/mol. The molecule has 0 saturated carbocycles. The van der Waals surface area contributed by atoms with E-state index in [1.807, 2.05) is 10.8 Å². The van der Waals surface area contributed by atoms with Crippen molar-refractivity contribution in [3.63, 3.8) is 0 Å². The molecule has 0 amide bonds. The van der Waals surface area contributed by atoms with E-state index in [1.165, 1.54) is 0 Å². The summed E-state index contributed by atoms with van der Waals surface area (Å²) in [7, 11) is 0. The Morgan fingerprint density at radius 1 is 1.25 bits per heavy atom. The van der Waals surface area contributed by atoms with Crippen LogP contribution in [0.5, 0.6) is 0 Å². The van der Waals surface area contributed by atoms with Gasteiger partial charge in [-0.2, -0.15) is 0 Å². The van der Waals surface area contributed by atoms with Gasteiger partial charge in [-0.25, -0.2) is 0 Å². The Morgan fingerprint density at radius 3 is 1.25 bits per heavy atom. The van der Waals surface area contributed by atoms with Gasteiger partial charge in [0, 0.05) is 0 Å². The van der Waals surface area contributed by atoms with Crippen LogP contribution in [-0.4, -0.2) is 10.8 Å². The van der Waals surface area contributed by atoms with Crippen LogP contribution in [-0.2, 0) is 0 Å². The summed E-state index contributed by atoms with van der Waals surface area (Å²) >= 11 is 5.09. The highest BCUT2D eigenvalue weighted by atomic mass is 127. The lowest BCUT2D eigenvalue weighted by atomic mass is 12.0. The van der Waals surface area contributed by atoms with E-state index in [0.717, 1.165) is 0 Å². The number of hydrogen-bond acceptors (Lipinski definition) is 0. The number of hydrogen-bond donors (Lipinski definition) is 0. The lowest BCUT2D eigenvalue weighted by Crippen LogP contribution is -0.808. The smallest absolute Gasteiger partial charge is 0.00848 e. The Balaban J connectivity index is 0. The highest BCUT2D eigenvalue weighted by Gasteiger charge is 0.951. The van der Waals surface area contributed by atoms with E-state index in [1.54, 1.807) is 0 Å². The zero-order chi connectivity index (χ0) is 4.00. The molecule has 28 valence electrons. The minimum Gasteiger partial charge on any atom is -0.0966 e. The van der Waals surface area contributed by atoms with Gasteiger partial charge in [0.15, 0.2) is 0 Å². The van der Waals surface area contributed by atoms with Gasteiger partial charge in [0.25, 0.3) is 0 Å². The summed E-state index contributed by atoms with van der Waals surface area (Å²) < 4.78 is 0. The molecular formula is C2H6BrI. The first-order chi connectivity index (χ1) is 2.00. The highest BCUT2D eigenvalue weighted by molar-refractivity contribution is 14.1. The highest BCUT2D eigenvalue weighted by Crippen LogP contribution is 1.48. The van der Waals surface area contributed by atoms with Gasteiger partial charge in [0.1, 0.15) is 0 Å². The molecule has 0 radical (unpaired) electrons. The zero-order valence-corrected chi connectivity index (χ0v) is 6.50. The van der Waals surface area contributed by atoms with Crippen LogP contribution in [0.15, 0.2) is 0 Å². The van der Waals surface area contributed by atoms with Crippen LogP contribution in [0.4, 0.5) is 0 Å². The molecule has 0 spiro atoms. The van der Waals surface area contributed by atoms with E-state index in [9.17, 15) is 0 Å². The first-order valence-corrected chi connectivity index (χ1v) is 4.50. The van der Waals surface area contributed by atoms with Crippen LogP contribution in [0.2, 0.25) is 0 Å². The number of alkyl halides is 2. The molecule has 4 heavy (non-hydrogen) atoms. The summed E-state index contributed by atoms with van der Waals surface area (Å²) in [6, 6.07) is 0. The number of halogens is 2. The van der Waals surface area contributed by atoms with E-state index in [2.05, 4.69) is 38.5 Å². The third-order valence-corrected chi connectivity index (χ3v) is 0. The van der Waals surface area contributed by atoms with Crippen molar-refractivity contribution < 1.29 is 0 Å². The van der Waals surface area contributed by atoms with Crippen molar-refractivity contribution in [3.05, 3.63) is 0 Å². The first-order valence-electron chi connectivity index (χ1n) is 0.756. The maximum atomic E-state index is 2.94. The molecule has 0 bridgehead atoms. The normalized spacial score (nSPS) is 3.00. The van der Waals surface area contributed by atoms with Gasteiger partial charge < -0.3 is 0 Å². The van der Waals surface area contributed by atoms with E-state index in [4.69, 9.17) is 0 Å². The summed E-state index contributed by atoms with van der Waals surface area (Å²) in [6.45, 7) is 0. The lowest BCUT2D eigenvalue weighted by molar-refractivity contribution is 2.60. The molecule has 0 aromatic heterocycles. The van der Waals surface area contributed by atoms with Crippen LogP contribution < -0.4 is 0 Å². The minimum absolute atomic E-state index is 1.81. The molecular weight excluding hydrogens is 231 g/mol. The van der Waals surface area contributed by atoms with Crippen molar-refractivity contribution in [2.75, 3.05) is 10.8 Å². The van der Waals surface area contributed by atoms with Crippen LogP contribution in [0.25, 0.3) is 0 Å². The van der Waals surface area contributed by atoms with Gasteiger partial charge >= 0.3 is 0 Å². The second kappa shape index (κ2) is 29.6.